The van der Waals surface area contributed by atoms with Crippen molar-refractivity contribution in [2.75, 3.05) is 6.54 Å². The fourth-order valence-corrected chi connectivity index (χ4v) is 0.178. The molecule has 0 atom stereocenters. The lowest BCUT2D eigenvalue weighted by Crippen LogP contribution is -2.07. The minimum absolute atomic E-state index is 0.118. The van der Waals surface area contributed by atoms with Gasteiger partial charge in [-0.15, -0.1) is 0 Å². The van der Waals surface area contributed by atoms with Crippen LogP contribution >= 0.6 is 0 Å². The van der Waals surface area contributed by atoms with Crippen LogP contribution in [0.3, 0.4) is 0 Å². The Morgan fingerprint density at radius 1 is 1.60 bits per heavy atom. The summed E-state index contributed by atoms with van der Waals surface area (Å²) in [5, 5.41) is 2.43. The first-order chi connectivity index (χ1) is 4.62. The van der Waals surface area contributed by atoms with Crippen LogP contribution < -0.4 is 5.32 Å². The molecule has 0 unspecified atom stereocenters. The predicted molar refractivity (Wildman–Crippen MR) is 33.9 cm³/mol. The number of amides is 1. The number of nitrogens with one attached hydrogen (secondary N) is 1. The topological polar surface area (TPSA) is 29.1 Å². The van der Waals surface area contributed by atoms with Gasteiger partial charge in [0.25, 0.3) is 0 Å². The molecule has 0 saturated heterocycles. The number of carbonyl (C=O) groups is 1. The lowest BCUT2D eigenvalue weighted by Gasteiger charge is -1.78. The van der Waals surface area contributed by atoms with E-state index in [-0.39, 0.29) is 12.8 Å². The summed E-state index contributed by atoms with van der Waals surface area (Å²) in [4.78, 5) is 9.29. The third kappa shape index (κ3) is 7.33. The van der Waals surface area contributed by atoms with Crippen LogP contribution in [0.5, 0.6) is 0 Å². The van der Waals surface area contributed by atoms with E-state index < -0.39 is 5.92 Å². The van der Waals surface area contributed by atoms with Gasteiger partial charge in [-0.1, -0.05) is 0 Å². The second-order valence-electron chi connectivity index (χ2n) is 2.03. The van der Waals surface area contributed by atoms with Crippen molar-refractivity contribution >= 4 is 6.41 Å². The summed E-state index contributed by atoms with van der Waals surface area (Å²) in [5.74, 6) is -2.25. The lowest BCUT2D eigenvalue weighted by molar-refractivity contribution is -0.109. The molecule has 1 fully saturated rings. The third-order valence-electron chi connectivity index (χ3n) is 0.915. The summed E-state index contributed by atoms with van der Waals surface area (Å²) in [5.41, 5.74) is 0. The Morgan fingerprint density at radius 2 is 2.00 bits per heavy atom. The minimum atomic E-state index is -2.25. The van der Waals surface area contributed by atoms with Crippen LogP contribution in [0, 0.1) is 0 Å². The van der Waals surface area contributed by atoms with Gasteiger partial charge in [-0.2, -0.15) is 0 Å². The molecule has 0 spiro atoms. The largest absolute Gasteiger partial charge is 0.359 e. The van der Waals surface area contributed by atoms with Gasteiger partial charge in [-0.25, -0.2) is 8.78 Å². The molecule has 0 aromatic carbocycles. The zero-order chi connectivity index (χ0) is 8.04. The molecule has 0 aromatic rings. The van der Waals surface area contributed by atoms with E-state index in [0.29, 0.717) is 6.41 Å². The SMILES string of the molecule is CCNC=O.FC1(F)CC1. The van der Waals surface area contributed by atoms with E-state index >= 15 is 0 Å². The van der Waals surface area contributed by atoms with Crippen molar-refractivity contribution in [1.29, 1.82) is 0 Å². The van der Waals surface area contributed by atoms with Gasteiger partial charge >= 0.3 is 0 Å². The first kappa shape index (κ1) is 9.33. The van der Waals surface area contributed by atoms with Crippen molar-refractivity contribution in [2.24, 2.45) is 0 Å². The molecule has 1 amide bonds. The number of alkyl halides is 2. The molecule has 10 heavy (non-hydrogen) atoms. The molecule has 1 rings (SSSR count). The summed E-state index contributed by atoms with van der Waals surface area (Å²) < 4.78 is 22.3. The molecule has 0 aromatic heterocycles. The van der Waals surface area contributed by atoms with Crippen molar-refractivity contribution in [3.05, 3.63) is 0 Å². The summed E-state index contributed by atoms with van der Waals surface area (Å²) >= 11 is 0. The lowest BCUT2D eigenvalue weighted by atomic mass is 10.8. The predicted octanol–water partition coefficient (Wildman–Crippen LogP) is 1.17. The van der Waals surface area contributed by atoms with Gasteiger partial charge in [-0.3, -0.25) is 4.79 Å². The molecule has 1 saturated carbocycles. The molecule has 0 bridgehead atoms. The molecule has 1 aliphatic rings. The highest BCUT2D eigenvalue weighted by molar-refractivity contribution is 5.45. The molecule has 0 heterocycles. The quantitative estimate of drug-likeness (QED) is 0.589. The maximum absolute atomic E-state index is 11.1. The summed E-state index contributed by atoms with van der Waals surface area (Å²) in [7, 11) is 0. The number of halogens is 2. The van der Waals surface area contributed by atoms with E-state index in [9.17, 15) is 13.6 Å². The number of carbonyl (C=O) groups excluding carboxylic acids is 1. The maximum atomic E-state index is 11.1. The van der Waals surface area contributed by atoms with Crippen LogP contribution in [0.2, 0.25) is 0 Å². The van der Waals surface area contributed by atoms with Gasteiger partial charge in [0.1, 0.15) is 0 Å². The first-order valence-corrected chi connectivity index (χ1v) is 3.17. The van der Waals surface area contributed by atoms with E-state index in [4.69, 9.17) is 0 Å². The highest BCUT2D eigenvalue weighted by atomic mass is 19.3. The van der Waals surface area contributed by atoms with Crippen molar-refractivity contribution in [1.82, 2.24) is 5.32 Å². The van der Waals surface area contributed by atoms with E-state index in [1.54, 1.807) is 0 Å². The Bertz CT molecular complexity index is 99.9. The van der Waals surface area contributed by atoms with Crippen molar-refractivity contribution < 1.29 is 13.6 Å². The van der Waals surface area contributed by atoms with Gasteiger partial charge < -0.3 is 5.32 Å². The molecule has 1 aliphatic carbocycles. The van der Waals surface area contributed by atoms with Crippen LogP contribution in [0.4, 0.5) is 8.78 Å². The monoisotopic (exact) mass is 151 g/mol. The van der Waals surface area contributed by atoms with Gasteiger partial charge in [-0.05, 0) is 6.92 Å². The van der Waals surface area contributed by atoms with E-state index in [2.05, 4.69) is 5.32 Å². The Kier molecular flexibility index (Phi) is 3.91. The fraction of sp³-hybridized carbons (Fsp3) is 0.833. The molecule has 60 valence electrons. The Hall–Kier alpha value is -0.670. The smallest absolute Gasteiger partial charge is 0.248 e. The third-order valence-corrected chi connectivity index (χ3v) is 0.915. The van der Waals surface area contributed by atoms with Crippen LogP contribution in [0.25, 0.3) is 0 Å². The van der Waals surface area contributed by atoms with Crippen molar-refractivity contribution in [3.8, 4) is 0 Å². The zero-order valence-corrected chi connectivity index (χ0v) is 5.86. The number of hydrogen-bond donors (Lipinski definition) is 1. The minimum Gasteiger partial charge on any atom is -0.359 e. The van der Waals surface area contributed by atoms with Crippen molar-refractivity contribution in [3.63, 3.8) is 0 Å². The molecule has 0 radical (unpaired) electrons. The molecule has 1 N–H and O–H groups in total. The Balaban J connectivity index is 0.000000162. The highest BCUT2D eigenvalue weighted by Crippen LogP contribution is 2.40. The van der Waals surface area contributed by atoms with E-state index in [1.165, 1.54) is 0 Å². The van der Waals surface area contributed by atoms with Gasteiger partial charge in [0.15, 0.2) is 0 Å². The summed E-state index contributed by atoms with van der Waals surface area (Å²) in [6, 6.07) is 0. The Morgan fingerprint density at radius 3 is 2.00 bits per heavy atom. The summed E-state index contributed by atoms with van der Waals surface area (Å²) in [6.45, 7) is 2.60. The second kappa shape index (κ2) is 4.19. The highest BCUT2D eigenvalue weighted by Gasteiger charge is 2.43. The summed E-state index contributed by atoms with van der Waals surface area (Å²) in [6.07, 6.45) is 0.917. The van der Waals surface area contributed by atoms with Crippen molar-refractivity contribution in [2.45, 2.75) is 25.7 Å². The van der Waals surface area contributed by atoms with Crippen LogP contribution in [0.15, 0.2) is 0 Å². The van der Waals surface area contributed by atoms with Gasteiger partial charge in [0.05, 0.1) is 0 Å². The second-order valence-corrected chi connectivity index (χ2v) is 2.03. The molecular weight excluding hydrogens is 140 g/mol. The van der Waals surface area contributed by atoms with Crippen LogP contribution in [-0.2, 0) is 4.79 Å². The molecule has 2 nitrogen and oxygen atoms in total. The van der Waals surface area contributed by atoms with Gasteiger partial charge in [0.2, 0.25) is 12.3 Å². The average molecular weight is 151 g/mol. The molecule has 4 heteroatoms. The number of hydrogen-bond acceptors (Lipinski definition) is 1. The standard InChI is InChI=1S/C3H4F2.C3H7NO/c4-3(5)1-2-3;1-2-4-3-5/h1-2H2;3H,2H2,1H3,(H,4,5). The van der Waals surface area contributed by atoms with Gasteiger partial charge in [0, 0.05) is 19.4 Å². The van der Waals surface area contributed by atoms with Crippen LogP contribution in [-0.4, -0.2) is 18.9 Å². The Labute approximate surface area is 58.6 Å². The molecule has 0 aliphatic heterocycles. The zero-order valence-electron chi connectivity index (χ0n) is 5.86. The van der Waals surface area contributed by atoms with E-state index in [1.807, 2.05) is 6.92 Å². The molecular formula is C6H11F2NO. The number of rotatable bonds is 2. The first-order valence-electron chi connectivity index (χ1n) is 3.17. The average Bonchev–Trinajstić information content (AvgIpc) is 2.50. The maximum Gasteiger partial charge on any atom is 0.248 e. The van der Waals surface area contributed by atoms with E-state index in [0.717, 1.165) is 6.54 Å². The normalized spacial score (nSPS) is 18.3. The van der Waals surface area contributed by atoms with Crippen LogP contribution in [0.1, 0.15) is 19.8 Å². The fourth-order valence-electron chi connectivity index (χ4n) is 0.178.